The highest BCUT2D eigenvalue weighted by Gasteiger charge is 2.21. The van der Waals surface area contributed by atoms with Crippen LogP contribution < -0.4 is 5.32 Å². The summed E-state index contributed by atoms with van der Waals surface area (Å²) < 4.78 is 5.21. The van der Waals surface area contributed by atoms with Crippen LogP contribution in [0, 0.1) is 0 Å². The fourth-order valence-electron chi connectivity index (χ4n) is 2.76. The largest absolute Gasteiger partial charge is 0.349 e. The van der Waals surface area contributed by atoms with Crippen LogP contribution in [0.15, 0.2) is 33.7 Å². The lowest BCUT2D eigenvalue weighted by Gasteiger charge is -2.25. The van der Waals surface area contributed by atoms with Gasteiger partial charge < -0.3 is 9.84 Å². The maximum absolute atomic E-state index is 12.2. The number of hydrogen-bond donors (Lipinski definition) is 1. The van der Waals surface area contributed by atoms with Crippen molar-refractivity contribution >= 4 is 17.7 Å². The number of aromatic nitrogens is 2. The third kappa shape index (κ3) is 4.17. The van der Waals surface area contributed by atoms with Crippen LogP contribution in [0.5, 0.6) is 0 Å². The lowest BCUT2D eigenvalue weighted by Crippen LogP contribution is -2.30. The molecular weight excluding hydrogens is 322 g/mol. The summed E-state index contributed by atoms with van der Waals surface area (Å²) in [7, 11) is 0. The summed E-state index contributed by atoms with van der Waals surface area (Å²) >= 11 is 1.86. The van der Waals surface area contributed by atoms with Gasteiger partial charge in [-0.05, 0) is 24.5 Å². The molecule has 1 amide bonds. The van der Waals surface area contributed by atoms with Crippen molar-refractivity contribution in [1.29, 1.82) is 0 Å². The van der Waals surface area contributed by atoms with Crippen molar-refractivity contribution in [2.45, 2.75) is 56.4 Å². The molecule has 0 radical (unpaired) electrons. The second kappa shape index (κ2) is 7.83. The monoisotopic (exact) mass is 345 g/mol. The van der Waals surface area contributed by atoms with Crippen molar-refractivity contribution in [1.82, 2.24) is 15.5 Å². The van der Waals surface area contributed by atoms with E-state index in [0.717, 1.165) is 18.0 Å². The summed E-state index contributed by atoms with van der Waals surface area (Å²) in [5, 5.41) is 7.11. The molecule has 1 N–H and O–H groups in total. The highest BCUT2D eigenvalue weighted by Crippen LogP contribution is 2.35. The Morgan fingerprint density at radius 3 is 3.04 bits per heavy atom. The first-order valence-corrected chi connectivity index (χ1v) is 9.45. The average molecular weight is 345 g/mol. The molecular formula is C18H23N3O2S. The third-order valence-electron chi connectivity index (χ3n) is 4.09. The van der Waals surface area contributed by atoms with Crippen LogP contribution in [0.4, 0.5) is 0 Å². The van der Waals surface area contributed by atoms with Crippen molar-refractivity contribution in [3.8, 4) is 0 Å². The normalized spacial score (nSPS) is 16.9. The molecule has 0 aliphatic carbocycles. The molecule has 1 aromatic carbocycles. The Hall–Kier alpha value is -1.82. The quantitative estimate of drug-likeness (QED) is 0.861. The number of benzene rings is 1. The first kappa shape index (κ1) is 17.0. The molecule has 6 heteroatoms. The molecule has 1 aliphatic rings. The molecule has 0 spiro atoms. The lowest BCUT2D eigenvalue weighted by atomic mass is 10.0. The fourth-order valence-corrected chi connectivity index (χ4v) is 3.89. The van der Waals surface area contributed by atoms with Gasteiger partial charge in [-0.15, -0.1) is 11.8 Å². The summed E-state index contributed by atoms with van der Waals surface area (Å²) in [6, 6.07) is 8.45. The summed E-state index contributed by atoms with van der Waals surface area (Å²) in [6.45, 7) is 4.06. The Balaban J connectivity index is 1.48. The molecule has 128 valence electrons. The van der Waals surface area contributed by atoms with Crippen LogP contribution in [-0.4, -0.2) is 21.8 Å². The number of hydrogen-bond acceptors (Lipinski definition) is 5. The zero-order chi connectivity index (χ0) is 16.9. The van der Waals surface area contributed by atoms with Crippen molar-refractivity contribution in [3.05, 3.63) is 41.5 Å². The smallest absolute Gasteiger partial charge is 0.226 e. The van der Waals surface area contributed by atoms with Crippen LogP contribution in [-0.2, 0) is 11.2 Å². The molecule has 0 saturated heterocycles. The molecule has 1 aliphatic heterocycles. The maximum atomic E-state index is 12.2. The molecule has 5 nitrogen and oxygen atoms in total. The van der Waals surface area contributed by atoms with Gasteiger partial charge in [0.05, 0.1) is 6.04 Å². The summed E-state index contributed by atoms with van der Waals surface area (Å²) in [6.07, 6.45) is 2.82. The van der Waals surface area contributed by atoms with Gasteiger partial charge in [0.1, 0.15) is 0 Å². The van der Waals surface area contributed by atoms with E-state index in [1.165, 1.54) is 10.5 Å². The van der Waals surface area contributed by atoms with E-state index >= 15 is 0 Å². The number of amides is 1. The number of thioether (sulfide) groups is 1. The van der Waals surface area contributed by atoms with Crippen LogP contribution in [0.2, 0.25) is 0 Å². The molecule has 3 rings (SSSR count). The standard InChI is InChI=1S/C18H23N3O2S/c1-12(2)18-20-17(23-21-18)9-5-8-16(22)19-14-10-11-24-15-7-4-3-6-13(14)15/h3-4,6-7,12,14H,5,8-11H2,1-2H3,(H,19,22)/t14-/m0/s1. The van der Waals surface area contributed by atoms with Gasteiger partial charge in [0.25, 0.3) is 0 Å². The molecule has 0 fully saturated rings. The highest BCUT2D eigenvalue weighted by atomic mass is 32.2. The first-order valence-electron chi connectivity index (χ1n) is 8.47. The van der Waals surface area contributed by atoms with E-state index in [9.17, 15) is 4.79 Å². The SMILES string of the molecule is CC(C)c1noc(CCCC(=O)N[C@H]2CCSc3ccccc32)n1. The minimum absolute atomic E-state index is 0.0882. The minimum atomic E-state index is 0.0882. The average Bonchev–Trinajstić information content (AvgIpc) is 3.04. The number of carbonyl (C=O) groups is 1. The third-order valence-corrected chi connectivity index (χ3v) is 5.21. The van der Waals surface area contributed by atoms with Crippen LogP contribution in [0.3, 0.4) is 0 Å². The van der Waals surface area contributed by atoms with E-state index < -0.39 is 0 Å². The minimum Gasteiger partial charge on any atom is -0.349 e. The van der Waals surface area contributed by atoms with Crippen LogP contribution in [0.1, 0.15) is 62.3 Å². The lowest BCUT2D eigenvalue weighted by molar-refractivity contribution is -0.122. The van der Waals surface area contributed by atoms with Crippen molar-refractivity contribution < 1.29 is 9.32 Å². The number of carbonyl (C=O) groups excluding carboxylic acids is 1. The van der Waals surface area contributed by atoms with Gasteiger partial charge >= 0.3 is 0 Å². The predicted octanol–water partition coefficient (Wildman–Crippen LogP) is 3.87. The van der Waals surface area contributed by atoms with Gasteiger partial charge in [-0.1, -0.05) is 37.2 Å². The van der Waals surface area contributed by atoms with Crippen molar-refractivity contribution in [2.24, 2.45) is 0 Å². The number of aryl methyl sites for hydroxylation is 1. The number of nitrogens with one attached hydrogen (secondary N) is 1. The number of fused-ring (bicyclic) bond motifs is 1. The van der Waals surface area contributed by atoms with Gasteiger partial charge in [-0.2, -0.15) is 4.98 Å². The number of nitrogens with zero attached hydrogens (tertiary/aromatic N) is 2. The van der Waals surface area contributed by atoms with Crippen molar-refractivity contribution in [3.63, 3.8) is 0 Å². The summed E-state index contributed by atoms with van der Waals surface area (Å²) in [4.78, 5) is 17.9. The molecule has 2 aromatic rings. The van der Waals surface area contributed by atoms with Gasteiger partial charge in [-0.3, -0.25) is 4.79 Å². The van der Waals surface area contributed by atoms with Gasteiger partial charge in [0.15, 0.2) is 5.82 Å². The van der Waals surface area contributed by atoms with E-state index in [0.29, 0.717) is 25.2 Å². The second-order valence-electron chi connectivity index (χ2n) is 6.35. The van der Waals surface area contributed by atoms with Crippen LogP contribution in [0.25, 0.3) is 0 Å². The van der Waals surface area contributed by atoms with E-state index in [-0.39, 0.29) is 17.9 Å². The molecule has 0 unspecified atom stereocenters. The maximum Gasteiger partial charge on any atom is 0.226 e. The second-order valence-corrected chi connectivity index (χ2v) is 7.49. The Bertz CT molecular complexity index is 699. The highest BCUT2D eigenvalue weighted by molar-refractivity contribution is 7.99. The Morgan fingerprint density at radius 2 is 2.25 bits per heavy atom. The zero-order valence-corrected chi connectivity index (χ0v) is 14.9. The predicted molar refractivity (Wildman–Crippen MR) is 94.0 cm³/mol. The molecule has 1 aromatic heterocycles. The molecule has 1 atom stereocenters. The topological polar surface area (TPSA) is 68.0 Å². The molecule has 24 heavy (non-hydrogen) atoms. The van der Waals surface area contributed by atoms with Gasteiger partial charge in [0, 0.05) is 29.4 Å². The summed E-state index contributed by atoms with van der Waals surface area (Å²) in [5.41, 5.74) is 1.24. The van der Waals surface area contributed by atoms with Gasteiger partial charge in [0.2, 0.25) is 11.8 Å². The molecule has 0 saturated carbocycles. The van der Waals surface area contributed by atoms with E-state index in [2.05, 4.69) is 27.6 Å². The zero-order valence-electron chi connectivity index (χ0n) is 14.1. The molecule has 2 heterocycles. The molecule has 0 bridgehead atoms. The summed E-state index contributed by atoms with van der Waals surface area (Å²) in [5.74, 6) is 2.74. The van der Waals surface area contributed by atoms with E-state index in [1.807, 2.05) is 37.7 Å². The van der Waals surface area contributed by atoms with Gasteiger partial charge in [-0.25, -0.2) is 0 Å². The Labute approximate surface area is 146 Å². The number of rotatable bonds is 6. The van der Waals surface area contributed by atoms with E-state index in [1.54, 1.807) is 0 Å². The fraction of sp³-hybridized carbons (Fsp3) is 0.500. The first-order chi connectivity index (χ1) is 11.6. The van der Waals surface area contributed by atoms with Crippen LogP contribution >= 0.6 is 11.8 Å². The Kier molecular flexibility index (Phi) is 5.56. The Morgan fingerprint density at radius 1 is 1.42 bits per heavy atom. The van der Waals surface area contributed by atoms with E-state index in [4.69, 9.17) is 4.52 Å². The van der Waals surface area contributed by atoms with Crippen molar-refractivity contribution in [2.75, 3.05) is 5.75 Å².